The zero-order valence-electron chi connectivity index (χ0n) is 9.09. The molecular weight excluding hydrogens is 247 g/mol. The van der Waals surface area contributed by atoms with Gasteiger partial charge in [-0.25, -0.2) is 0 Å². The van der Waals surface area contributed by atoms with Gasteiger partial charge in [0, 0.05) is 25.3 Å². The molecule has 2 rings (SSSR count). The summed E-state index contributed by atoms with van der Waals surface area (Å²) in [6.45, 7) is 4.18. The molecule has 0 aliphatic carbocycles. The van der Waals surface area contributed by atoms with Gasteiger partial charge in [-0.15, -0.1) is 24.8 Å². The topological polar surface area (TPSA) is 38.5 Å². The Morgan fingerprint density at radius 1 is 1.12 bits per heavy atom. The lowest BCUT2D eigenvalue weighted by molar-refractivity contribution is 0.122. The van der Waals surface area contributed by atoms with Crippen molar-refractivity contribution in [2.75, 3.05) is 31.2 Å². The molecule has 1 aromatic carbocycles. The fourth-order valence-corrected chi connectivity index (χ4v) is 1.80. The second-order valence-electron chi connectivity index (χ2n) is 3.43. The van der Waals surface area contributed by atoms with Crippen LogP contribution in [0.25, 0.3) is 0 Å². The molecular formula is C11H18Cl2N2O. The molecule has 1 aliphatic heterocycles. The second-order valence-corrected chi connectivity index (χ2v) is 3.43. The van der Waals surface area contributed by atoms with Gasteiger partial charge in [-0.05, 0) is 11.6 Å². The lowest BCUT2D eigenvalue weighted by Gasteiger charge is -2.30. The molecule has 16 heavy (non-hydrogen) atoms. The smallest absolute Gasteiger partial charge is 0.0642 e. The number of anilines is 1. The van der Waals surface area contributed by atoms with E-state index in [9.17, 15) is 0 Å². The number of hydrogen-bond donors (Lipinski definition) is 1. The average Bonchev–Trinajstić information content (AvgIpc) is 2.30. The van der Waals surface area contributed by atoms with E-state index in [4.69, 9.17) is 10.5 Å². The van der Waals surface area contributed by atoms with Gasteiger partial charge in [0.1, 0.15) is 0 Å². The molecule has 0 bridgehead atoms. The monoisotopic (exact) mass is 264 g/mol. The van der Waals surface area contributed by atoms with Gasteiger partial charge in [-0.3, -0.25) is 0 Å². The summed E-state index contributed by atoms with van der Waals surface area (Å²) in [5.41, 5.74) is 8.18. The van der Waals surface area contributed by atoms with Crippen LogP contribution in [0.4, 0.5) is 5.69 Å². The van der Waals surface area contributed by atoms with Crippen LogP contribution in [-0.2, 0) is 11.3 Å². The number of rotatable bonds is 2. The van der Waals surface area contributed by atoms with Crippen molar-refractivity contribution in [2.24, 2.45) is 5.73 Å². The number of nitrogens with zero attached hydrogens (tertiary/aromatic N) is 1. The van der Waals surface area contributed by atoms with Crippen LogP contribution < -0.4 is 10.6 Å². The Labute approximate surface area is 109 Å². The van der Waals surface area contributed by atoms with Crippen LogP contribution in [0.1, 0.15) is 5.56 Å². The molecule has 0 saturated carbocycles. The molecule has 3 nitrogen and oxygen atoms in total. The minimum Gasteiger partial charge on any atom is -0.378 e. The Morgan fingerprint density at radius 3 is 2.38 bits per heavy atom. The summed E-state index contributed by atoms with van der Waals surface area (Å²) in [6, 6.07) is 8.31. The van der Waals surface area contributed by atoms with E-state index >= 15 is 0 Å². The van der Waals surface area contributed by atoms with Crippen molar-refractivity contribution < 1.29 is 4.74 Å². The number of para-hydroxylation sites is 1. The van der Waals surface area contributed by atoms with Crippen molar-refractivity contribution in [3.05, 3.63) is 29.8 Å². The molecule has 0 atom stereocenters. The average molecular weight is 265 g/mol. The van der Waals surface area contributed by atoms with E-state index in [2.05, 4.69) is 23.1 Å². The molecule has 0 spiro atoms. The highest BCUT2D eigenvalue weighted by atomic mass is 35.5. The summed E-state index contributed by atoms with van der Waals surface area (Å²) in [5, 5.41) is 0. The molecule has 0 radical (unpaired) electrons. The van der Waals surface area contributed by atoms with E-state index in [1.807, 2.05) is 6.07 Å². The SMILES string of the molecule is Cl.Cl.NCc1ccccc1N1CCOCC1. The molecule has 1 aromatic rings. The molecule has 2 N–H and O–H groups in total. The minimum absolute atomic E-state index is 0. The van der Waals surface area contributed by atoms with E-state index in [-0.39, 0.29) is 24.8 Å². The van der Waals surface area contributed by atoms with Gasteiger partial charge >= 0.3 is 0 Å². The van der Waals surface area contributed by atoms with E-state index in [1.165, 1.54) is 11.3 Å². The summed E-state index contributed by atoms with van der Waals surface area (Å²) in [4.78, 5) is 2.34. The van der Waals surface area contributed by atoms with Gasteiger partial charge in [0.25, 0.3) is 0 Å². The zero-order chi connectivity index (χ0) is 9.80. The number of nitrogens with two attached hydrogens (primary N) is 1. The summed E-state index contributed by atoms with van der Waals surface area (Å²) in [7, 11) is 0. The Hall–Kier alpha value is -0.480. The summed E-state index contributed by atoms with van der Waals surface area (Å²) in [5.74, 6) is 0. The van der Waals surface area contributed by atoms with Crippen LogP contribution in [0.3, 0.4) is 0 Å². The third kappa shape index (κ3) is 3.52. The van der Waals surface area contributed by atoms with Crippen molar-refractivity contribution >= 4 is 30.5 Å². The normalized spacial score (nSPS) is 14.9. The van der Waals surface area contributed by atoms with Crippen LogP contribution in [-0.4, -0.2) is 26.3 Å². The third-order valence-corrected chi connectivity index (χ3v) is 2.56. The third-order valence-electron chi connectivity index (χ3n) is 2.56. The van der Waals surface area contributed by atoms with Gasteiger partial charge in [0.05, 0.1) is 13.2 Å². The van der Waals surface area contributed by atoms with E-state index in [1.54, 1.807) is 0 Å². The van der Waals surface area contributed by atoms with E-state index in [0.717, 1.165) is 26.3 Å². The van der Waals surface area contributed by atoms with E-state index in [0.29, 0.717) is 6.54 Å². The summed E-state index contributed by atoms with van der Waals surface area (Å²) >= 11 is 0. The molecule has 1 heterocycles. The van der Waals surface area contributed by atoms with Crippen molar-refractivity contribution in [1.82, 2.24) is 0 Å². The van der Waals surface area contributed by atoms with Gasteiger partial charge in [0.15, 0.2) is 0 Å². The lowest BCUT2D eigenvalue weighted by atomic mass is 10.1. The molecule has 0 unspecified atom stereocenters. The van der Waals surface area contributed by atoms with E-state index < -0.39 is 0 Å². The van der Waals surface area contributed by atoms with Crippen molar-refractivity contribution in [3.8, 4) is 0 Å². The van der Waals surface area contributed by atoms with Gasteiger partial charge in [-0.1, -0.05) is 18.2 Å². The zero-order valence-corrected chi connectivity index (χ0v) is 10.7. The second kappa shape index (κ2) is 7.74. The summed E-state index contributed by atoms with van der Waals surface area (Å²) in [6.07, 6.45) is 0. The Morgan fingerprint density at radius 2 is 1.75 bits per heavy atom. The molecule has 5 heteroatoms. The first-order valence-corrected chi connectivity index (χ1v) is 5.02. The predicted molar refractivity (Wildman–Crippen MR) is 71.9 cm³/mol. The van der Waals surface area contributed by atoms with Crippen LogP contribution in [0, 0.1) is 0 Å². The molecule has 0 amide bonds. The van der Waals surface area contributed by atoms with Crippen LogP contribution in [0.15, 0.2) is 24.3 Å². The van der Waals surface area contributed by atoms with Crippen molar-refractivity contribution in [3.63, 3.8) is 0 Å². The summed E-state index contributed by atoms with van der Waals surface area (Å²) < 4.78 is 5.32. The van der Waals surface area contributed by atoms with Crippen LogP contribution in [0.2, 0.25) is 0 Å². The van der Waals surface area contributed by atoms with Gasteiger partial charge in [0.2, 0.25) is 0 Å². The highest BCUT2D eigenvalue weighted by Gasteiger charge is 2.12. The quantitative estimate of drug-likeness (QED) is 0.886. The maximum absolute atomic E-state index is 5.70. The highest BCUT2D eigenvalue weighted by molar-refractivity contribution is 5.85. The highest BCUT2D eigenvalue weighted by Crippen LogP contribution is 2.20. The van der Waals surface area contributed by atoms with Gasteiger partial charge < -0.3 is 15.4 Å². The first kappa shape index (κ1) is 15.5. The van der Waals surface area contributed by atoms with Crippen molar-refractivity contribution in [2.45, 2.75) is 6.54 Å². The predicted octanol–water partition coefficient (Wildman–Crippen LogP) is 1.83. The van der Waals surface area contributed by atoms with Gasteiger partial charge in [-0.2, -0.15) is 0 Å². The van der Waals surface area contributed by atoms with Crippen LogP contribution in [0.5, 0.6) is 0 Å². The van der Waals surface area contributed by atoms with Crippen LogP contribution >= 0.6 is 24.8 Å². The lowest BCUT2D eigenvalue weighted by Crippen LogP contribution is -2.36. The number of hydrogen-bond acceptors (Lipinski definition) is 3. The largest absolute Gasteiger partial charge is 0.378 e. The van der Waals surface area contributed by atoms with Crippen molar-refractivity contribution in [1.29, 1.82) is 0 Å². The maximum Gasteiger partial charge on any atom is 0.0642 e. The molecule has 1 saturated heterocycles. The maximum atomic E-state index is 5.70. The fraction of sp³-hybridized carbons (Fsp3) is 0.455. The minimum atomic E-state index is 0. The fourth-order valence-electron chi connectivity index (χ4n) is 1.80. The molecule has 0 aromatic heterocycles. The molecule has 1 fully saturated rings. The number of benzene rings is 1. The Balaban J connectivity index is 0.00000112. The number of morpholine rings is 1. The molecule has 92 valence electrons. The first-order chi connectivity index (χ1) is 6.92. The number of ether oxygens (including phenoxy) is 1. The standard InChI is InChI=1S/C11H16N2O.2ClH/c12-9-10-3-1-2-4-11(10)13-5-7-14-8-6-13;;/h1-4H,5-9,12H2;2*1H. The Bertz CT molecular complexity index is 304. The molecule has 1 aliphatic rings. The number of halogens is 2. The Kier molecular flexibility index (Phi) is 7.51. The first-order valence-electron chi connectivity index (χ1n) is 5.02.